The fourth-order valence-corrected chi connectivity index (χ4v) is 1.94. The third kappa shape index (κ3) is 2.06. The first kappa shape index (κ1) is 12.5. The van der Waals surface area contributed by atoms with Crippen LogP contribution in [0, 0.1) is 0 Å². The molecule has 0 bridgehead atoms. The van der Waals surface area contributed by atoms with Crippen molar-refractivity contribution in [3.05, 3.63) is 40.0 Å². The van der Waals surface area contributed by atoms with Crippen molar-refractivity contribution < 1.29 is 9.21 Å². The Morgan fingerprint density at radius 1 is 1.28 bits per heavy atom. The maximum absolute atomic E-state index is 11.5. The van der Waals surface area contributed by atoms with Gasteiger partial charge < -0.3 is 4.42 Å². The average molecular weight is 245 g/mol. The molecule has 0 aliphatic carbocycles. The standard InChI is InChI=1S/C14H15NO3/c1-8(16)9-6-5-7-10-11(9)18-13(17)15-12(10)14(2,3)4/h5-7H,1-4H3. The number of carbonyl (C=O) groups is 1. The maximum atomic E-state index is 11.5. The summed E-state index contributed by atoms with van der Waals surface area (Å²) in [7, 11) is 0. The van der Waals surface area contributed by atoms with E-state index >= 15 is 0 Å². The van der Waals surface area contributed by atoms with E-state index in [1.165, 1.54) is 6.92 Å². The lowest BCUT2D eigenvalue weighted by molar-refractivity contribution is 0.101. The summed E-state index contributed by atoms with van der Waals surface area (Å²) in [6, 6.07) is 5.24. The van der Waals surface area contributed by atoms with Crippen molar-refractivity contribution in [3.63, 3.8) is 0 Å². The average Bonchev–Trinajstić information content (AvgIpc) is 2.25. The molecule has 2 rings (SSSR count). The van der Waals surface area contributed by atoms with Gasteiger partial charge in [0, 0.05) is 10.8 Å². The van der Waals surface area contributed by atoms with Crippen LogP contribution >= 0.6 is 0 Å². The minimum atomic E-state index is -0.666. The third-order valence-corrected chi connectivity index (χ3v) is 2.75. The van der Waals surface area contributed by atoms with Gasteiger partial charge >= 0.3 is 5.76 Å². The highest BCUT2D eigenvalue weighted by atomic mass is 16.4. The highest BCUT2D eigenvalue weighted by Gasteiger charge is 2.22. The van der Waals surface area contributed by atoms with Crippen molar-refractivity contribution >= 4 is 16.8 Å². The fourth-order valence-electron chi connectivity index (χ4n) is 1.94. The zero-order valence-electron chi connectivity index (χ0n) is 10.9. The molecule has 18 heavy (non-hydrogen) atoms. The van der Waals surface area contributed by atoms with Crippen LogP contribution in [-0.4, -0.2) is 10.8 Å². The van der Waals surface area contributed by atoms with Gasteiger partial charge in [0.2, 0.25) is 0 Å². The van der Waals surface area contributed by atoms with Crippen LogP contribution in [0.1, 0.15) is 43.7 Å². The van der Waals surface area contributed by atoms with Crippen LogP contribution in [0.25, 0.3) is 11.0 Å². The molecule has 0 fully saturated rings. The molecule has 0 saturated heterocycles. The molecule has 1 aromatic heterocycles. The van der Waals surface area contributed by atoms with Gasteiger partial charge in [0.25, 0.3) is 0 Å². The van der Waals surface area contributed by atoms with Crippen molar-refractivity contribution in [1.82, 2.24) is 4.98 Å². The predicted octanol–water partition coefficient (Wildman–Crippen LogP) is 2.69. The summed E-state index contributed by atoms with van der Waals surface area (Å²) in [6.45, 7) is 7.35. The number of ketones is 1. The quantitative estimate of drug-likeness (QED) is 0.725. The van der Waals surface area contributed by atoms with Gasteiger partial charge in [-0.2, -0.15) is 4.98 Å². The van der Waals surface area contributed by atoms with Gasteiger partial charge in [-0.25, -0.2) is 4.79 Å². The van der Waals surface area contributed by atoms with Gasteiger partial charge in [-0.05, 0) is 19.1 Å². The van der Waals surface area contributed by atoms with Crippen LogP contribution in [0.2, 0.25) is 0 Å². The summed E-state index contributed by atoms with van der Waals surface area (Å²) in [5.74, 6) is -0.795. The van der Waals surface area contributed by atoms with Crippen molar-refractivity contribution in [1.29, 1.82) is 0 Å². The Morgan fingerprint density at radius 3 is 2.50 bits per heavy atom. The molecule has 0 aliphatic rings. The first-order valence-electron chi connectivity index (χ1n) is 5.76. The molecule has 94 valence electrons. The number of hydrogen-bond acceptors (Lipinski definition) is 4. The summed E-state index contributed by atoms with van der Waals surface area (Å²) < 4.78 is 5.10. The first-order valence-corrected chi connectivity index (χ1v) is 5.76. The highest BCUT2D eigenvalue weighted by Crippen LogP contribution is 2.28. The maximum Gasteiger partial charge on any atom is 0.439 e. The third-order valence-electron chi connectivity index (χ3n) is 2.75. The van der Waals surface area contributed by atoms with Gasteiger partial charge in [0.05, 0.1) is 11.3 Å². The lowest BCUT2D eigenvalue weighted by Gasteiger charge is -2.19. The van der Waals surface area contributed by atoms with Gasteiger partial charge in [-0.3, -0.25) is 4.79 Å². The number of nitrogens with zero attached hydrogens (tertiary/aromatic N) is 1. The lowest BCUT2D eigenvalue weighted by atomic mass is 9.89. The molecular weight excluding hydrogens is 230 g/mol. The van der Waals surface area contributed by atoms with Crippen molar-refractivity contribution in [3.8, 4) is 0 Å². The topological polar surface area (TPSA) is 60.2 Å². The van der Waals surface area contributed by atoms with Gasteiger partial charge in [0.15, 0.2) is 11.4 Å². The van der Waals surface area contributed by atoms with Crippen molar-refractivity contribution in [2.75, 3.05) is 0 Å². The smallest absolute Gasteiger partial charge is 0.407 e. The van der Waals surface area contributed by atoms with Crippen LogP contribution in [0.4, 0.5) is 0 Å². The molecule has 0 spiro atoms. The summed E-state index contributed by atoms with van der Waals surface area (Å²) >= 11 is 0. The number of Topliss-reactive ketones (excluding diaryl/α,β-unsaturated/α-hetero) is 1. The lowest BCUT2D eigenvalue weighted by Crippen LogP contribution is -2.20. The van der Waals surface area contributed by atoms with E-state index in [0.717, 1.165) is 5.39 Å². The van der Waals surface area contributed by atoms with E-state index in [-0.39, 0.29) is 11.2 Å². The number of hydrogen-bond donors (Lipinski definition) is 0. The van der Waals surface area contributed by atoms with E-state index in [9.17, 15) is 9.59 Å². The molecular formula is C14H15NO3. The molecule has 4 heteroatoms. The molecule has 1 heterocycles. The van der Waals surface area contributed by atoms with E-state index in [0.29, 0.717) is 16.8 Å². The Hall–Kier alpha value is -1.97. The van der Waals surface area contributed by atoms with Crippen LogP contribution in [0.5, 0.6) is 0 Å². The molecule has 1 aromatic carbocycles. The van der Waals surface area contributed by atoms with Crippen LogP contribution in [-0.2, 0) is 5.41 Å². The highest BCUT2D eigenvalue weighted by molar-refractivity contribution is 6.05. The minimum Gasteiger partial charge on any atom is -0.407 e. The van der Waals surface area contributed by atoms with Crippen molar-refractivity contribution in [2.45, 2.75) is 33.1 Å². The van der Waals surface area contributed by atoms with Crippen LogP contribution < -0.4 is 5.76 Å². The number of para-hydroxylation sites is 1. The van der Waals surface area contributed by atoms with E-state index in [2.05, 4.69) is 4.98 Å². The predicted molar refractivity (Wildman–Crippen MR) is 69.0 cm³/mol. The number of carbonyl (C=O) groups excluding carboxylic acids is 1. The second-order valence-electron chi connectivity index (χ2n) is 5.32. The second-order valence-corrected chi connectivity index (χ2v) is 5.32. The molecule has 0 unspecified atom stereocenters. The minimum absolute atomic E-state index is 0.130. The number of benzene rings is 1. The largest absolute Gasteiger partial charge is 0.439 e. The van der Waals surface area contributed by atoms with Crippen LogP contribution in [0.15, 0.2) is 27.4 Å². The fraction of sp³-hybridized carbons (Fsp3) is 0.357. The van der Waals surface area contributed by atoms with E-state index in [1.807, 2.05) is 26.8 Å². The Labute approximate surface area is 105 Å². The molecule has 2 aromatic rings. The molecule has 0 radical (unpaired) electrons. The normalized spacial score (nSPS) is 11.8. The summed E-state index contributed by atoms with van der Waals surface area (Å²) in [5, 5.41) is 0.717. The Bertz CT molecular complexity index is 677. The monoisotopic (exact) mass is 245 g/mol. The second kappa shape index (κ2) is 4.05. The Kier molecular flexibility index (Phi) is 2.81. The Morgan fingerprint density at radius 2 is 1.94 bits per heavy atom. The zero-order chi connectivity index (χ0) is 13.5. The number of aromatic nitrogens is 1. The Balaban J connectivity index is 2.96. The van der Waals surface area contributed by atoms with Crippen LogP contribution in [0.3, 0.4) is 0 Å². The molecule has 0 atom stereocenters. The van der Waals surface area contributed by atoms with Gasteiger partial charge in [-0.1, -0.05) is 26.8 Å². The summed E-state index contributed by atoms with van der Waals surface area (Å²) in [5.41, 5.74) is 1.10. The SMILES string of the molecule is CC(=O)c1cccc2c(C(C)(C)C)nc(=O)oc12. The number of rotatable bonds is 1. The molecule has 0 amide bonds. The molecule has 4 nitrogen and oxygen atoms in total. The first-order chi connectivity index (χ1) is 8.30. The summed E-state index contributed by atoms with van der Waals surface area (Å²) in [6.07, 6.45) is 0. The zero-order valence-corrected chi connectivity index (χ0v) is 10.9. The number of fused-ring (bicyclic) bond motifs is 1. The molecule has 0 saturated carbocycles. The van der Waals surface area contributed by atoms with Gasteiger partial charge in [0.1, 0.15) is 0 Å². The van der Waals surface area contributed by atoms with Crippen molar-refractivity contribution in [2.24, 2.45) is 0 Å². The summed E-state index contributed by atoms with van der Waals surface area (Å²) in [4.78, 5) is 27.0. The molecule has 0 N–H and O–H groups in total. The van der Waals surface area contributed by atoms with E-state index < -0.39 is 5.76 Å². The van der Waals surface area contributed by atoms with E-state index in [4.69, 9.17) is 4.42 Å². The van der Waals surface area contributed by atoms with E-state index in [1.54, 1.807) is 12.1 Å². The van der Waals surface area contributed by atoms with Gasteiger partial charge in [-0.15, -0.1) is 0 Å². The molecule has 0 aliphatic heterocycles.